The van der Waals surface area contributed by atoms with Gasteiger partial charge in [0.25, 0.3) is 5.91 Å². The second-order valence-electron chi connectivity index (χ2n) is 4.25. The van der Waals surface area contributed by atoms with Gasteiger partial charge in [0.1, 0.15) is 5.69 Å². The van der Waals surface area contributed by atoms with Crippen LogP contribution < -0.4 is 5.32 Å². The molecule has 2 aromatic rings. The average molecular weight is 298 g/mol. The smallest absolute Gasteiger partial charge is 0.271 e. The monoisotopic (exact) mass is 298 g/mol. The van der Waals surface area contributed by atoms with Gasteiger partial charge < -0.3 is 10.4 Å². The van der Waals surface area contributed by atoms with Crippen molar-refractivity contribution in [3.63, 3.8) is 0 Å². The third-order valence-corrected chi connectivity index (χ3v) is 3.37. The molecule has 7 heteroatoms. The highest BCUT2D eigenvalue weighted by Gasteiger charge is 2.21. The number of hydrogen-bond donors (Lipinski definition) is 2. The molecular formula is C13H12F2N2O2S. The maximum Gasteiger partial charge on any atom is 0.271 e. The van der Waals surface area contributed by atoms with Crippen LogP contribution in [0.4, 0.5) is 8.78 Å². The molecule has 0 aliphatic heterocycles. The molecule has 0 bridgehead atoms. The number of aliphatic hydroxyl groups excluding tert-OH is 1. The van der Waals surface area contributed by atoms with Crippen molar-refractivity contribution < 1.29 is 18.7 Å². The Morgan fingerprint density at radius 3 is 2.75 bits per heavy atom. The van der Waals surface area contributed by atoms with Crippen LogP contribution in [-0.2, 0) is 0 Å². The van der Waals surface area contributed by atoms with E-state index < -0.39 is 29.7 Å². The number of benzene rings is 1. The lowest BCUT2D eigenvalue weighted by Crippen LogP contribution is -2.37. The van der Waals surface area contributed by atoms with Crippen LogP contribution in [0.3, 0.4) is 0 Å². The Morgan fingerprint density at radius 1 is 1.40 bits per heavy atom. The molecule has 0 saturated heterocycles. The summed E-state index contributed by atoms with van der Waals surface area (Å²) in [6.07, 6.45) is -1.15. The lowest BCUT2D eigenvalue weighted by atomic mass is 10.0. The summed E-state index contributed by atoms with van der Waals surface area (Å²) in [7, 11) is 0. The van der Waals surface area contributed by atoms with Crippen molar-refractivity contribution in [3.8, 4) is 0 Å². The van der Waals surface area contributed by atoms with Gasteiger partial charge >= 0.3 is 0 Å². The van der Waals surface area contributed by atoms with Gasteiger partial charge in [0.2, 0.25) is 0 Å². The van der Waals surface area contributed by atoms with E-state index in [9.17, 15) is 18.7 Å². The van der Waals surface area contributed by atoms with E-state index in [2.05, 4.69) is 10.3 Å². The first-order chi connectivity index (χ1) is 9.49. The number of nitrogens with one attached hydrogen (secondary N) is 1. The minimum atomic E-state index is -1.15. The zero-order valence-corrected chi connectivity index (χ0v) is 11.3. The number of carbonyl (C=O) groups excluding carboxylic acids is 1. The molecule has 0 radical (unpaired) electrons. The lowest BCUT2D eigenvalue weighted by molar-refractivity contribution is 0.0847. The molecule has 1 heterocycles. The molecule has 1 aromatic carbocycles. The molecule has 0 aliphatic rings. The van der Waals surface area contributed by atoms with Gasteiger partial charge in [0.15, 0.2) is 11.6 Å². The summed E-state index contributed by atoms with van der Waals surface area (Å²) in [6.45, 7) is 1.57. The summed E-state index contributed by atoms with van der Waals surface area (Å²) in [5.41, 5.74) is 1.96. The van der Waals surface area contributed by atoms with Crippen molar-refractivity contribution in [3.05, 3.63) is 52.0 Å². The van der Waals surface area contributed by atoms with Gasteiger partial charge in [0, 0.05) is 5.38 Å². The lowest BCUT2D eigenvalue weighted by Gasteiger charge is -2.20. The van der Waals surface area contributed by atoms with Crippen molar-refractivity contribution in [1.29, 1.82) is 0 Å². The van der Waals surface area contributed by atoms with Gasteiger partial charge in [-0.05, 0) is 24.6 Å². The van der Waals surface area contributed by atoms with Crippen LogP contribution in [0, 0.1) is 11.6 Å². The molecule has 2 N–H and O–H groups in total. The molecule has 0 fully saturated rings. The Kier molecular flexibility index (Phi) is 4.41. The zero-order valence-electron chi connectivity index (χ0n) is 10.5. The Balaban J connectivity index is 2.06. The van der Waals surface area contributed by atoms with Gasteiger partial charge in [-0.1, -0.05) is 6.07 Å². The van der Waals surface area contributed by atoms with Crippen LogP contribution in [0.2, 0.25) is 0 Å². The SMILES string of the molecule is CC(NC(=O)c1cscn1)C(O)c1ccc(F)c(F)c1. The molecule has 106 valence electrons. The van der Waals surface area contributed by atoms with Crippen LogP contribution in [0.5, 0.6) is 0 Å². The molecule has 20 heavy (non-hydrogen) atoms. The molecule has 2 rings (SSSR count). The Hall–Kier alpha value is -1.86. The topological polar surface area (TPSA) is 62.2 Å². The molecule has 2 unspecified atom stereocenters. The summed E-state index contributed by atoms with van der Waals surface area (Å²) >= 11 is 1.28. The maximum absolute atomic E-state index is 13.1. The van der Waals surface area contributed by atoms with Gasteiger partial charge in [-0.2, -0.15) is 0 Å². The van der Waals surface area contributed by atoms with Gasteiger partial charge in [-0.3, -0.25) is 4.79 Å². The number of halogens is 2. The summed E-state index contributed by atoms with van der Waals surface area (Å²) in [5.74, 6) is -2.46. The van der Waals surface area contributed by atoms with Crippen LogP contribution in [0.25, 0.3) is 0 Å². The van der Waals surface area contributed by atoms with Crippen LogP contribution in [-0.4, -0.2) is 22.0 Å². The number of aromatic nitrogens is 1. The van der Waals surface area contributed by atoms with E-state index >= 15 is 0 Å². The second kappa shape index (κ2) is 6.06. The van der Waals surface area contributed by atoms with Gasteiger partial charge in [0.05, 0.1) is 17.7 Å². The van der Waals surface area contributed by atoms with E-state index in [1.54, 1.807) is 12.3 Å². The minimum Gasteiger partial charge on any atom is -0.386 e. The highest BCUT2D eigenvalue weighted by Crippen LogP contribution is 2.19. The number of carbonyl (C=O) groups is 1. The number of thiazole rings is 1. The minimum absolute atomic E-state index is 0.190. The van der Waals surface area contributed by atoms with Crippen LogP contribution in [0.1, 0.15) is 29.1 Å². The average Bonchev–Trinajstić information content (AvgIpc) is 2.95. The summed E-state index contributed by atoms with van der Waals surface area (Å²) in [5, 5.41) is 14.2. The zero-order chi connectivity index (χ0) is 14.7. The normalized spacial score (nSPS) is 13.8. The van der Waals surface area contributed by atoms with E-state index in [4.69, 9.17) is 0 Å². The largest absolute Gasteiger partial charge is 0.386 e. The van der Waals surface area contributed by atoms with Gasteiger partial charge in [-0.25, -0.2) is 13.8 Å². The van der Waals surface area contributed by atoms with Crippen molar-refractivity contribution in [2.45, 2.75) is 19.1 Å². The fraction of sp³-hybridized carbons (Fsp3) is 0.231. The van der Waals surface area contributed by atoms with Gasteiger partial charge in [-0.15, -0.1) is 11.3 Å². The van der Waals surface area contributed by atoms with E-state index in [-0.39, 0.29) is 11.3 Å². The Morgan fingerprint density at radius 2 is 2.15 bits per heavy atom. The Bertz CT molecular complexity index is 604. The van der Waals surface area contributed by atoms with Crippen molar-refractivity contribution in [2.24, 2.45) is 0 Å². The predicted molar refractivity (Wildman–Crippen MR) is 70.4 cm³/mol. The van der Waals surface area contributed by atoms with E-state index in [0.29, 0.717) is 0 Å². The number of rotatable bonds is 4. The molecule has 0 spiro atoms. The first kappa shape index (κ1) is 14.5. The number of hydrogen-bond acceptors (Lipinski definition) is 4. The summed E-state index contributed by atoms with van der Waals surface area (Å²) < 4.78 is 25.9. The number of amides is 1. The van der Waals surface area contributed by atoms with Crippen molar-refractivity contribution in [2.75, 3.05) is 0 Å². The van der Waals surface area contributed by atoms with E-state index in [1.165, 1.54) is 22.9 Å². The van der Waals surface area contributed by atoms with Crippen LogP contribution >= 0.6 is 11.3 Å². The predicted octanol–water partition coefficient (Wildman–Crippen LogP) is 2.27. The quantitative estimate of drug-likeness (QED) is 0.910. The van der Waals surface area contributed by atoms with Crippen LogP contribution in [0.15, 0.2) is 29.1 Å². The molecule has 1 aromatic heterocycles. The number of aliphatic hydroxyl groups is 1. The standard InChI is InChI=1S/C13H12F2N2O2S/c1-7(17-13(19)11-5-20-6-16-11)12(18)8-2-3-9(14)10(15)4-8/h2-7,12,18H,1H3,(H,17,19). The highest BCUT2D eigenvalue weighted by atomic mass is 32.1. The third-order valence-electron chi connectivity index (χ3n) is 2.78. The van der Waals surface area contributed by atoms with Crippen molar-refractivity contribution in [1.82, 2.24) is 10.3 Å². The molecule has 0 aliphatic carbocycles. The number of nitrogens with zero attached hydrogens (tertiary/aromatic N) is 1. The summed E-state index contributed by atoms with van der Waals surface area (Å²) in [6, 6.07) is 2.44. The molecule has 2 atom stereocenters. The Labute approximate surface area is 118 Å². The van der Waals surface area contributed by atoms with E-state index in [1.807, 2.05) is 0 Å². The maximum atomic E-state index is 13.1. The first-order valence-electron chi connectivity index (χ1n) is 5.81. The summed E-state index contributed by atoms with van der Waals surface area (Å²) in [4.78, 5) is 15.6. The molecule has 1 amide bonds. The molecule has 0 saturated carbocycles. The van der Waals surface area contributed by atoms with Crippen molar-refractivity contribution >= 4 is 17.2 Å². The highest BCUT2D eigenvalue weighted by molar-refractivity contribution is 7.07. The van der Waals surface area contributed by atoms with E-state index in [0.717, 1.165) is 12.1 Å². The second-order valence-corrected chi connectivity index (χ2v) is 4.97. The fourth-order valence-corrected chi connectivity index (χ4v) is 2.20. The fourth-order valence-electron chi connectivity index (χ4n) is 1.67. The molecular weight excluding hydrogens is 286 g/mol. The first-order valence-corrected chi connectivity index (χ1v) is 6.75. The molecule has 4 nitrogen and oxygen atoms in total. The third kappa shape index (κ3) is 3.17.